The van der Waals surface area contributed by atoms with Gasteiger partial charge in [0, 0.05) is 76.7 Å². The van der Waals surface area contributed by atoms with Gasteiger partial charge in [0.15, 0.2) is 5.60 Å². The third kappa shape index (κ3) is 5.17. The van der Waals surface area contributed by atoms with Crippen LogP contribution in [0, 0.1) is 11.6 Å². The number of benzene rings is 5. The molecule has 1 saturated carbocycles. The van der Waals surface area contributed by atoms with Crippen LogP contribution >= 0.6 is 0 Å². The summed E-state index contributed by atoms with van der Waals surface area (Å²) in [5, 5.41) is 1.77. The molecule has 3 aliphatic heterocycles. The molecule has 10 rings (SSSR count). The first-order chi connectivity index (χ1) is 26.5. The van der Waals surface area contributed by atoms with E-state index in [4.69, 9.17) is 18.9 Å². The topological polar surface area (TPSA) is 43.4 Å². The fourth-order valence-electron chi connectivity index (χ4n) is 10.0. The number of nitrogens with zero attached hydrogens (tertiary/aromatic N) is 2. The summed E-state index contributed by atoms with van der Waals surface area (Å²) >= 11 is 0. The van der Waals surface area contributed by atoms with E-state index in [0.29, 0.717) is 43.3 Å². The lowest BCUT2D eigenvalue weighted by Gasteiger charge is -2.41. The van der Waals surface area contributed by atoms with Gasteiger partial charge in [0.25, 0.3) is 0 Å². The number of halogens is 2. The van der Waals surface area contributed by atoms with Gasteiger partial charge in [-0.05, 0) is 89.5 Å². The zero-order valence-corrected chi connectivity index (χ0v) is 30.6. The maximum Gasteiger partial charge on any atom is 0.178 e. The minimum absolute atomic E-state index is 0.464. The molecule has 0 bridgehead atoms. The molecule has 6 nitrogen and oxygen atoms in total. The van der Waals surface area contributed by atoms with Gasteiger partial charge < -0.3 is 28.7 Å². The van der Waals surface area contributed by atoms with Crippen molar-refractivity contribution in [1.29, 1.82) is 0 Å². The predicted octanol–water partition coefficient (Wildman–Crippen LogP) is 9.38. The fourth-order valence-corrected chi connectivity index (χ4v) is 10.0. The first kappa shape index (κ1) is 33.6. The first-order valence-electron chi connectivity index (χ1n) is 19.4. The van der Waals surface area contributed by atoms with Crippen LogP contribution in [0.4, 0.5) is 20.2 Å². The average Bonchev–Trinajstić information content (AvgIpc) is 3.50. The van der Waals surface area contributed by atoms with Crippen molar-refractivity contribution in [2.45, 2.75) is 43.1 Å². The number of hydrogen-bond donors (Lipinski definition) is 0. The van der Waals surface area contributed by atoms with Crippen molar-refractivity contribution in [1.82, 2.24) is 0 Å². The summed E-state index contributed by atoms with van der Waals surface area (Å²) in [6.45, 7) is 6.27. The average molecular weight is 727 g/mol. The Kier molecular flexibility index (Phi) is 8.18. The maximum absolute atomic E-state index is 16.3. The molecular weight excluding hydrogens is 683 g/mol. The highest BCUT2D eigenvalue weighted by Gasteiger charge is 2.50. The SMILES string of the molecule is COc1ccc2c3c(c4c(c2c1)OC(c1ccc(N2CCOCC2)cc1)(c1ccc(N2CCOCC2)cc1)C=C4)C1(CCCCC1)c1c(F)cc(F)cc1-3. The van der Waals surface area contributed by atoms with Crippen LogP contribution in [0.2, 0.25) is 0 Å². The summed E-state index contributed by atoms with van der Waals surface area (Å²) in [5.41, 5.74) is 6.95. The zero-order valence-electron chi connectivity index (χ0n) is 30.6. The van der Waals surface area contributed by atoms with Gasteiger partial charge in [0.1, 0.15) is 23.1 Å². The molecule has 0 unspecified atom stereocenters. The number of anilines is 2. The Balaban J connectivity index is 1.20. The molecule has 5 aliphatic rings. The molecule has 0 radical (unpaired) electrons. The Bertz CT molecular complexity index is 2210. The summed E-state index contributed by atoms with van der Waals surface area (Å²) in [6.07, 6.45) is 9.04. The second-order valence-corrected chi connectivity index (χ2v) is 15.3. The number of morpholine rings is 2. The van der Waals surface area contributed by atoms with Crippen LogP contribution in [0.25, 0.3) is 28.0 Å². The van der Waals surface area contributed by atoms with Crippen molar-refractivity contribution in [2.24, 2.45) is 0 Å². The van der Waals surface area contributed by atoms with Crippen molar-refractivity contribution in [2.75, 3.05) is 69.5 Å². The molecule has 3 fully saturated rings. The van der Waals surface area contributed by atoms with E-state index < -0.39 is 22.7 Å². The predicted molar refractivity (Wildman–Crippen MR) is 209 cm³/mol. The van der Waals surface area contributed by atoms with Crippen LogP contribution in [-0.2, 0) is 20.5 Å². The van der Waals surface area contributed by atoms with Crippen LogP contribution < -0.4 is 19.3 Å². The lowest BCUT2D eigenvalue weighted by atomic mass is 9.66. The summed E-state index contributed by atoms with van der Waals surface area (Å²) < 4.78 is 56.1. The minimum atomic E-state index is -0.979. The van der Waals surface area contributed by atoms with E-state index in [2.05, 4.69) is 70.5 Å². The van der Waals surface area contributed by atoms with Gasteiger partial charge in [0.2, 0.25) is 0 Å². The van der Waals surface area contributed by atoms with E-state index >= 15 is 8.78 Å². The Hall–Kier alpha value is -4.92. The van der Waals surface area contributed by atoms with Crippen molar-refractivity contribution < 1.29 is 27.7 Å². The first-order valence-corrected chi connectivity index (χ1v) is 19.4. The van der Waals surface area contributed by atoms with Gasteiger partial charge in [-0.25, -0.2) is 8.78 Å². The number of fused-ring (bicyclic) bond motifs is 10. The van der Waals surface area contributed by atoms with Gasteiger partial charge in [-0.3, -0.25) is 0 Å². The monoisotopic (exact) mass is 726 g/mol. The van der Waals surface area contributed by atoms with E-state index in [1.54, 1.807) is 13.2 Å². The highest BCUT2D eigenvalue weighted by Crippen LogP contribution is 2.63. The van der Waals surface area contributed by atoms with E-state index in [9.17, 15) is 0 Å². The van der Waals surface area contributed by atoms with E-state index in [0.717, 1.165) is 120 Å². The van der Waals surface area contributed by atoms with Gasteiger partial charge in [-0.1, -0.05) is 49.6 Å². The standard InChI is InChI=1S/C46H44F2N2O4/c1-51-35-13-14-36-38(29-35)44-37(43-41(36)39-27-32(47)28-40(48)42(39)45(43)16-3-2-4-17-45)15-18-46(54-44,30-5-9-33(10-6-30)49-19-23-52-24-20-49)31-7-11-34(12-8-31)50-21-25-53-26-22-50/h5-15,18,27-29H,2-4,16-17,19-26H2,1H3. The van der Waals surface area contributed by atoms with Crippen LogP contribution in [0.1, 0.15) is 59.9 Å². The molecule has 0 N–H and O–H groups in total. The minimum Gasteiger partial charge on any atom is -0.497 e. The lowest BCUT2D eigenvalue weighted by molar-refractivity contribution is 0.122. The van der Waals surface area contributed by atoms with E-state index in [-0.39, 0.29) is 0 Å². The lowest BCUT2D eigenvalue weighted by Crippen LogP contribution is -2.37. The molecule has 276 valence electrons. The summed E-state index contributed by atoms with van der Waals surface area (Å²) in [4.78, 5) is 4.71. The molecule has 0 aromatic heterocycles. The summed E-state index contributed by atoms with van der Waals surface area (Å²) in [6, 6.07) is 26.1. The van der Waals surface area contributed by atoms with E-state index in [1.165, 1.54) is 0 Å². The van der Waals surface area contributed by atoms with Crippen molar-refractivity contribution in [3.63, 3.8) is 0 Å². The molecular formula is C46H44F2N2O4. The largest absolute Gasteiger partial charge is 0.497 e. The second kappa shape index (κ2) is 13.1. The van der Waals surface area contributed by atoms with Crippen LogP contribution in [0.15, 0.2) is 84.9 Å². The van der Waals surface area contributed by atoms with Crippen molar-refractivity contribution >= 4 is 28.2 Å². The quantitative estimate of drug-likeness (QED) is 0.180. The Morgan fingerprint density at radius 3 is 1.87 bits per heavy atom. The highest BCUT2D eigenvalue weighted by molar-refractivity contribution is 6.09. The molecule has 8 heteroatoms. The number of rotatable bonds is 5. The molecule has 5 aromatic carbocycles. The van der Waals surface area contributed by atoms with E-state index in [1.807, 2.05) is 18.2 Å². The molecule has 5 aromatic rings. The molecule has 54 heavy (non-hydrogen) atoms. The third-order valence-corrected chi connectivity index (χ3v) is 12.6. The number of ether oxygens (including phenoxy) is 4. The maximum atomic E-state index is 16.3. The molecule has 1 spiro atoms. The normalized spacial score (nSPS) is 19.7. The molecule has 0 amide bonds. The Morgan fingerprint density at radius 2 is 1.28 bits per heavy atom. The number of hydrogen-bond acceptors (Lipinski definition) is 6. The van der Waals surface area contributed by atoms with Crippen LogP contribution in [-0.4, -0.2) is 59.7 Å². The second-order valence-electron chi connectivity index (χ2n) is 15.3. The third-order valence-electron chi connectivity index (χ3n) is 12.6. The van der Waals surface area contributed by atoms with Crippen molar-refractivity contribution in [3.8, 4) is 22.6 Å². The highest BCUT2D eigenvalue weighted by atomic mass is 19.1. The van der Waals surface area contributed by atoms with Crippen LogP contribution in [0.3, 0.4) is 0 Å². The zero-order chi connectivity index (χ0) is 36.4. The summed E-state index contributed by atoms with van der Waals surface area (Å²) in [7, 11) is 1.66. The molecule has 2 saturated heterocycles. The summed E-state index contributed by atoms with van der Waals surface area (Å²) in [5.74, 6) is 0.401. The van der Waals surface area contributed by atoms with Gasteiger partial charge in [0.05, 0.1) is 33.5 Å². The molecule has 3 heterocycles. The van der Waals surface area contributed by atoms with Crippen molar-refractivity contribution in [3.05, 3.63) is 124 Å². The molecule has 2 aliphatic carbocycles. The Morgan fingerprint density at radius 1 is 0.667 bits per heavy atom. The van der Waals surface area contributed by atoms with Gasteiger partial charge in [-0.2, -0.15) is 0 Å². The van der Waals surface area contributed by atoms with Gasteiger partial charge in [-0.15, -0.1) is 0 Å². The smallest absolute Gasteiger partial charge is 0.178 e. The molecule has 0 atom stereocenters. The van der Waals surface area contributed by atoms with Crippen LogP contribution in [0.5, 0.6) is 11.5 Å². The fraction of sp³-hybridized carbons (Fsp3) is 0.348. The Labute approximate surface area is 314 Å². The van der Waals surface area contributed by atoms with Gasteiger partial charge >= 0.3 is 0 Å². The number of methoxy groups -OCH3 is 1.